The van der Waals surface area contributed by atoms with Crippen molar-refractivity contribution in [3.63, 3.8) is 0 Å². The minimum absolute atomic E-state index is 0.0698. The molecule has 4 rings (SSSR count). The topological polar surface area (TPSA) is 86.2 Å². The third kappa shape index (κ3) is 5.30. The first kappa shape index (κ1) is 23.5. The maximum Gasteiger partial charge on any atom is 0.471 e. The van der Waals surface area contributed by atoms with Crippen LogP contribution in [0.1, 0.15) is 17.4 Å². The maximum atomic E-state index is 13.0. The molecule has 0 aromatic heterocycles. The molecule has 2 aliphatic heterocycles. The van der Waals surface area contributed by atoms with Crippen LogP contribution in [0.3, 0.4) is 0 Å². The van der Waals surface area contributed by atoms with Crippen LogP contribution >= 0.6 is 0 Å². The summed E-state index contributed by atoms with van der Waals surface area (Å²) in [5.74, 6) is -2.26. The van der Waals surface area contributed by atoms with Crippen molar-refractivity contribution in [1.82, 2.24) is 5.32 Å². The number of aliphatic hydroxyl groups excluding tert-OH is 1. The van der Waals surface area contributed by atoms with Crippen molar-refractivity contribution in [2.75, 3.05) is 13.7 Å². The fourth-order valence-electron chi connectivity index (χ4n) is 4.19. The summed E-state index contributed by atoms with van der Waals surface area (Å²) >= 11 is 0. The van der Waals surface area contributed by atoms with Gasteiger partial charge in [-0.05, 0) is 24.1 Å². The fraction of sp³-hybridized carbons (Fsp3) is 0.435. The summed E-state index contributed by atoms with van der Waals surface area (Å²) in [5, 5.41) is 12.4. The van der Waals surface area contributed by atoms with Crippen molar-refractivity contribution < 1.29 is 42.0 Å². The van der Waals surface area contributed by atoms with Gasteiger partial charge in [0.05, 0.1) is 25.9 Å². The molecular formula is C23H24F3NO6. The molecule has 0 radical (unpaired) electrons. The van der Waals surface area contributed by atoms with E-state index in [0.717, 1.165) is 11.1 Å². The zero-order valence-electron chi connectivity index (χ0n) is 17.7. The van der Waals surface area contributed by atoms with Gasteiger partial charge in [-0.25, -0.2) is 0 Å². The number of benzene rings is 2. The molecule has 2 heterocycles. The Balaban J connectivity index is 1.63. The summed E-state index contributed by atoms with van der Waals surface area (Å²) in [4.78, 5) is 11.7. The molecule has 6 atom stereocenters. The molecule has 2 saturated heterocycles. The molecule has 2 aromatic rings. The van der Waals surface area contributed by atoms with Gasteiger partial charge in [0.1, 0.15) is 11.9 Å². The number of rotatable bonds is 5. The number of methoxy groups -OCH3 is 1. The molecule has 0 saturated carbocycles. The summed E-state index contributed by atoms with van der Waals surface area (Å²) in [6.45, 7) is 0.0698. The lowest BCUT2D eigenvalue weighted by atomic mass is 9.81. The molecule has 7 nitrogen and oxygen atoms in total. The highest BCUT2D eigenvalue weighted by Crippen LogP contribution is 2.38. The lowest BCUT2D eigenvalue weighted by Gasteiger charge is -2.48. The van der Waals surface area contributed by atoms with Gasteiger partial charge < -0.3 is 29.4 Å². The zero-order chi connectivity index (χ0) is 23.6. The van der Waals surface area contributed by atoms with Crippen molar-refractivity contribution in [3.05, 3.63) is 65.7 Å². The smallest absolute Gasteiger partial charge is 0.471 e. The monoisotopic (exact) mass is 467 g/mol. The van der Waals surface area contributed by atoms with Crippen LogP contribution in [-0.4, -0.2) is 55.4 Å². The Morgan fingerprint density at radius 1 is 1.12 bits per heavy atom. The Hall–Kier alpha value is -2.66. The number of hydrogen-bond donors (Lipinski definition) is 2. The number of hydrogen-bond acceptors (Lipinski definition) is 6. The number of halogens is 3. The number of ether oxygens (including phenoxy) is 4. The Bertz CT molecular complexity index is 939. The van der Waals surface area contributed by atoms with E-state index in [1.807, 2.05) is 35.6 Å². The highest BCUT2D eigenvalue weighted by Gasteiger charge is 2.51. The van der Waals surface area contributed by atoms with Crippen molar-refractivity contribution in [3.8, 4) is 5.75 Å². The molecule has 2 fully saturated rings. The minimum Gasteiger partial charge on any atom is -0.497 e. The van der Waals surface area contributed by atoms with E-state index in [2.05, 4.69) is 0 Å². The van der Waals surface area contributed by atoms with Crippen LogP contribution in [0, 0.1) is 5.92 Å². The van der Waals surface area contributed by atoms with Gasteiger partial charge in [-0.3, -0.25) is 4.79 Å². The zero-order valence-corrected chi connectivity index (χ0v) is 17.7. The largest absolute Gasteiger partial charge is 0.497 e. The molecule has 0 bridgehead atoms. The van der Waals surface area contributed by atoms with E-state index in [9.17, 15) is 23.1 Å². The van der Waals surface area contributed by atoms with Gasteiger partial charge in [-0.15, -0.1) is 0 Å². The van der Waals surface area contributed by atoms with Gasteiger partial charge in [0.2, 0.25) is 0 Å². The van der Waals surface area contributed by atoms with E-state index < -0.39 is 48.8 Å². The number of carbonyl (C=O) groups is 1. The van der Waals surface area contributed by atoms with Crippen molar-refractivity contribution >= 4 is 5.91 Å². The maximum absolute atomic E-state index is 13.0. The molecule has 0 spiro atoms. The van der Waals surface area contributed by atoms with Crippen LogP contribution < -0.4 is 10.1 Å². The predicted molar refractivity (Wildman–Crippen MR) is 109 cm³/mol. The molecule has 2 aromatic carbocycles. The fourth-order valence-corrected chi connectivity index (χ4v) is 4.19. The summed E-state index contributed by atoms with van der Waals surface area (Å²) < 4.78 is 61.5. The van der Waals surface area contributed by atoms with Gasteiger partial charge in [0.15, 0.2) is 12.6 Å². The van der Waals surface area contributed by atoms with Crippen LogP contribution in [0.2, 0.25) is 0 Å². The molecule has 2 N–H and O–H groups in total. The average Bonchev–Trinajstić information content (AvgIpc) is 2.81. The number of fused-ring (bicyclic) bond motifs is 1. The Morgan fingerprint density at radius 2 is 1.82 bits per heavy atom. The second-order valence-electron chi connectivity index (χ2n) is 7.95. The molecular weight excluding hydrogens is 443 g/mol. The predicted octanol–water partition coefficient (Wildman–Crippen LogP) is 2.73. The van der Waals surface area contributed by atoms with E-state index in [4.69, 9.17) is 18.9 Å². The summed E-state index contributed by atoms with van der Waals surface area (Å²) in [5.41, 5.74) is 1.51. The summed E-state index contributed by atoms with van der Waals surface area (Å²) in [6, 6.07) is 14.7. The lowest BCUT2D eigenvalue weighted by Crippen LogP contribution is -2.65. The van der Waals surface area contributed by atoms with Crippen LogP contribution in [0.25, 0.3) is 0 Å². The van der Waals surface area contributed by atoms with Crippen LogP contribution in [0.4, 0.5) is 13.2 Å². The average molecular weight is 467 g/mol. The highest BCUT2D eigenvalue weighted by molar-refractivity contribution is 5.82. The Labute approximate surface area is 188 Å². The van der Waals surface area contributed by atoms with Gasteiger partial charge in [0, 0.05) is 11.5 Å². The third-order valence-electron chi connectivity index (χ3n) is 5.82. The van der Waals surface area contributed by atoms with Crippen LogP contribution in [-0.2, 0) is 25.4 Å². The second-order valence-corrected chi connectivity index (χ2v) is 7.95. The molecule has 1 amide bonds. The van der Waals surface area contributed by atoms with Crippen molar-refractivity contribution in [2.45, 2.75) is 43.4 Å². The van der Waals surface area contributed by atoms with E-state index in [-0.39, 0.29) is 13.0 Å². The van der Waals surface area contributed by atoms with E-state index in [1.165, 1.54) is 7.11 Å². The highest BCUT2D eigenvalue weighted by atomic mass is 19.4. The Morgan fingerprint density at radius 3 is 2.45 bits per heavy atom. The molecule has 33 heavy (non-hydrogen) atoms. The normalized spacial score (nSPS) is 29.7. The van der Waals surface area contributed by atoms with Gasteiger partial charge in [-0.2, -0.15) is 13.2 Å². The van der Waals surface area contributed by atoms with E-state index >= 15 is 0 Å². The first-order chi connectivity index (χ1) is 15.8. The minimum atomic E-state index is -5.11. The van der Waals surface area contributed by atoms with Crippen molar-refractivity contribution in [2.24, 2.45) is 5.92 Å². The van der Waals surface area contributed by atoms with Crippen molar-refractivity contribution in [1.29, 1.82) is 0 Å². The second kappa shape index (κ2) is 9.68. The Kier molecular flexibility index (Phi) is 6.89. The third-order valence-corrected chi connectivity index (χ3v) is 5.82. The lowest BCUT2D eigenvalue weighted by molar-refractivity contribution is -0.330. The van der Waals surface area contributed by atoms with Gasteiger partial charge >= 0.3 is 12.1 Å². The van der Waals surface area contributed by atoms with Gasteiger partial charge in [-0.1, -0.05) is 42.5 Å². The van der Waals surface area contributed by atoms with E-state index in [1.54, 1.807) is 24.3 Å². The molecule has 0 aliphatic carbocycles. The molecule has 2 aliphatic rings. The summed E-state index contributed by atoms with van der Waals surface area (Å²) in [6.07, 6.45) is -8.78. The number of amides is 1. The number of alkyl halides is 3. The van der Waals surface area contributed by atoms with E-state index in [0.29, 0.717) is 5.75 Å². The first-order valence-corrected chi connectivity index (χ1v) is 10.4. The van der Waals surface area contributed by atoms with Crippen LogP contribution in [0.15, 0.2) is 54.6 Å². The molecule has 10 heteroatoms. The van der Waals surface area contributed by atoms with Crippen LogP contribution in [0.5, 0.6) is 5.75 Å². The quantitative estimate of drug-likeness (QED) is 0.704. The number of nitrogens with one attached hydrogen (secondary N) is 1. The molecule has 1 unspecified atom stereocenters. The SMILES string of the molecule is COc1ccc(C[C@@H]2[C@@H]3O[C@H](c4ccccc4)OC[C@H]3OC(O)[C@H]2NC(=O)C(F)(F)F)cc1. The number of carbonyl (C=O) groups excluding carboxylic acids is 1. The van der Waals surface area contributed by atoms with Gasteiger partial charge in [0.25, 0.3) is 0 Å². The first-order valence-electron chi connectivity index (χ1n) is 10.4. The summed E-state index contributed by atoms with van der Waals surface area (Å²) in [7, 11) is 1.52. The molecule has 178 valence electrons. The number of aliphatic hydroxyl groups is 1. The standard InChI is InChI=1S/C23H24F3NO6/c1-30-15-9-7-13(8-10-15)11-16-18(27-22(29)23(24,25)26)20(28)32-17-12-31-21(33-19(16)17)14-5-3-2-4-6-14/h2-10,16-21,28H,11-12H2,1H3,(H,27,29)/t16-,17+,18-,19-,20?,21+/m0/s1.